The van der Waals surface area contributed by atoms with E-state index in [0.29, 0.717) is 31.5 Å². The number of aromatic amines is 1. The number of nitrogens with one attached hydrogen (secondary N) is 4. The Morgan fingerprint density at radius 3 is 2.11 bits per heavy atom. The average Bonchev–Trinajstić information content (AvgIpc) is 3.34. The Balaban J connectivity index is 1.53. The van der Waals surface area contributed by atoms with E-state index < -0.39 is 29.4 Å². The number of halogens is 1. The first kappa shape index (κ1) is 35.0. The summed E-state index contributed by atoms with van der Waals surface area (Å²) in [5, 5.41) is 9.48. The Hall–Kier alpha value is -4.86. The molecule has 4 aromatic rings. The van der Waals surface area contributed by atoms with Crippen molar-refractivity contribution in [2.45, 2.75) is 78.0 Å². The molecule has 10 heteroatoms. The van der Waals surface area contributed by atoms with Crippen LogP contribution in [0.5, 0.6) is 0 Å². The molecule has 9 nitrogen and oxygen atoms in total. The molecule has 0 saturated heterocycles. The monoisotopic (exact) mass is 644 g/mol. The van der Waals surface area contributed by atoms with Crippen molar-refractivity contribution in [3.63, 3.8) is 0 Å². The summed E-state index contributed by atoms with van der Waals surface area (Å²) in [6, 6.07) is 21.6. The maximum atomic E-state index is 13.8. The molecule has 0 aliphatic carbocycles. The van der Waals surface area contributed by atoms with Crippen molar-refractivity contribution in [2.75, 3.05) is 13.1 Å². The maximum absolute atomic E-state index is 13.8. The van der Waals surface area contributed by atoms with Gasteiger partial charge in [0.2, 0.25) is 0 Å². The fraction of sp³-hybridized carbons (Fsp3) is 0.378. The number of rotatable bonds is 11. The van der Waals surface area contributed by atoms with Crippen LogP contribution in [0, 0.1) is 5.82 Å². The normalized spacial score (nSPS) is 12.3. The molecular weight excluding hydrogens is 599 g/mol. The number of benzene rings is 3. The number of hydrogen-bond donors (Lipinski definition) is 4. The maximum Gasteiger partial charge on any atom is 0.407 e. The van der Waals surface area contributed by atoms with E-state index in [-0.39, 0.29) is 18.3 Å². The Morgan fingerprint density at radius 2 is 1.45 bits per heavy atom. The standard InChI is InChI=1S/C37H45FN4O5/c1-36(2,3)46-34(44)39-20-10-13-28(41-35(45)47-37(4,5)6)23-40-33(43)32-30(21-24-11-8-7-9-12-24)29-19-16-26(22-31(29)42-32)25-14-17-27(38)18-15-25/h7-9,11-12,14-19,22,28,42H,10,13,20-21,23H2,1-6H3,(H,39,44)(H,40,43)(H,41,45)/t28-/m0/s1. The van der Waals surface area contributed by atoms with Gasteiger partial charge in [0.15, 0.2) is 0 Å². The number of ether oxygens (including phenoxy) is 2. The summed E-state index contributed by atoms with van der Waals surface area (Å²) in [6.45, 7) is 11.2. The highest BCUT2D eigenvalue weighted by molar-refractivity contribution is 6.02. The molecule has 0 aliphatic rings. The van der Waals surface area contributed by atoms with Crippen LogP contribution >= 0.6 is 0 Å². The van der Waals surface area contributed by atoms with Gasteiger partial charge in [-0.2, -0.15) is 0 Å². The van der Waals surface area contributed by atoms with E-state index in [1.807, 2.05) is 48.5 Å². The number of carbonyl (C=O) groups is 3. The SMILES string of the molecule is CC(C)(C)OC(=O)NCCC[C@@H](CNC(=O)c1[nH]c2cc(-c3ccc(F)cc3)ccc2c1Cc1ccccc1)NC(=O)OC(C)(C)C. The summed E-state index contributed by atoms with van der Waals surface area (Å²) < 4.78 is 24.3. The van der Waals surface area contributed by atoms with E-state index >= 15 is 0 Å². The van der Waals surface area contributed by atoms with Gasteiger partial charge in [0, 0.05) is 36.5 Å². The predicted molar refractivity (Wildman–Crippen MR) is 182 cm³/mol. The number of carbonyl (C=O) groups excluding carboxylic acids is 3. The van der Waals surface area contributed by atoms with Gasteiger partial charge in [0.25, 0.3) is 5.91 Å². The first-order valence-corrected chi connectivity index (χ1v) is 15.9. The molecule has 1 atom stereocenters. The van der Waals surface area contributed by atoms with Crippen molar-refractivity contribution in [1.82, 2.24) is 20.9 Å². The van der Waals surface area contributed by atoms with Gasteiger partial charge in [-0.15, -0.1) is 0 Å². The molecule has 4 rings (SSSR count). The van der Waals surface area contributed by atoms with Gasteiger partial charge in [0.05, 0.1) is 0 Å². The van der Waals surface area contributed by atoms with Crippen LogP contribution in [0.15, 0.2) is 72.8 Å². The molecule has 1 heterocycles. The zero-order valence-corrected chi connectivity index (χ0v) is 28.0. The topological polar surface area (TPSA) is 122 Å². The lowest BCUT2D eigenvalue weighted by molar-refractivity contribution is 0.0487. The molecule has 0 spiro atoms. The van der Waals surface area contributed by atoms with E-state index in [1.54, 1.807) is 53.7 Å². The van der Waals surface area contributed by atoms with Crippen molar-refractivity contribution in [3.05, 3.63) is 95.4 Å². The van der Waals surface area contributed by atoms with Gasteiger partial charge >= 0.3 is 12.2 Å². The third kappa shape index (κ3) is 10.9. The van der Waals surface area contributed by atoms with Gasteiger partial charge < -0.3 is 30.4 Å². The number of hydrogen-bond acceptors (Lipinski definition) is 5. The van der Waals surface area contributed by atoms with Gasteiger partial charge in [-0.1, -0.05) is 54.6 Å². The minimum Gasteiger partial charge on any atom is -0.444 e. The Bertz CT molecular complexity index is 1670. The van der Waals surface area contributed by atoms with Crippen molar-refractivity contribution >= 4 is 29.0 Å². The van der Waals surface area contributed by atoms with Crippen molar-refractivity contribution < 1.29 is 28.2 Å². The summed E-state index contributed by atoms with van der Waals surface area (Å²) in [6.07, 6.45) is 0.387. The molecule has 47 heavy (non-hydrogen) atoms. The zero-order valence-electron chi connectivity index (χ0n) is 28.0. The Labute approximate surface area is 275 Å². The molecule has 0 aliphatic heterocycles. The van der Waals surface area contributed by atoms with Crippen LogP contribution in [0.1, 0.15) is 76.0 Å². The lowest BCUT2D eigenvalue weighted by Crippen LogP contribution is -2.46. The van der Waals surface area contributed by atoms with Crippen LogP contribution < -0.4 is 16.0 Å². The minimum atomic E-state index is -0.695. The van der Waals surface area contributed by atoms with Gasteiger partial charge in [-0.3, -0.25) is 4.79 Å². The highest BCUT2D eigenvalue weighted by atomic mass is 19.1. The van der Waals surface area contributed by atoms with Crippen molar-refractivity contribution in [1.29, 1.82) is 0 Å². The zero-order chi connectivity index (χ0) is 34.2. The molecule has 1 aromatic heterocycles. The van der Waals surface area contributed by atoms with Crippen LogP contribution in [0.25, 0.3) is 22.0 Å². The molecule has 3 aromatic carbocycles. The fourth-order valence-electron chi connectivity index (χ4n) is 5.11. The van der Waals surface area contributed by atoms with E-state index in [9.17, 15) is 18.8 Å². The van der Waals surface area contributed by atoms with Gasteiger partial charge in [-0.05, 0) is 94.8 Å². The number of amides is 3. The van der Waals surface area contributed by atoms with Crippen LogP contribution in [0.3, 0.4) is 0 Å². The van der Waals surface area contributed by atoms with E-state index in [1.165, 1.54) is 12.1 Å². The van der Waals surface area contributed by atoms with Crippen molar-refractivity contribution in [3.8, 4) is 11.1 Å². The highest BCUT2D eigenvalue weighted by Crippen LogP contribution is 2.30. The summed E-state index contributed by atoms with van der Waals surface area (Å²) in [5.41, 5.74) is 3.52. The quantitative estimate of drug-likeness (QED) is 0.126. The minimum absolute atomic E-state index is 0.130. The van der Waals surface area contributed by atoms with Crippen molar-refractivity contribution in [2.24, 2.45) is 0 Å². The first-order valence-electron chi connectivity index (χ1n) is 15.9. The van der Waals surface area contributed by atoms with E-state index in [4.69, 9.17) is 9.47 Å². The Morgan fingerprint density at radius 1 is 0.809 bits per heavy atom. The molecule has 4 N–H and O–H groups in total. The molecule has 3 amide bonds. The second-order valence-electron chi connectivity index (χ2n) is 13.5. The van der Waals surface area contributed by atoms with E-state index in [2.05, 4.69) is 20.9 Å². The Kier molecular flexibility index (Phi) is 11.3. The molecule has 250 valence electrons. The lowest BCUT2D eigenvalue weighted by Gasteiger charge is -2.24. The highest BCUT2D eigenvalue weighted by Gasteiger charge is 2.23. The second kappa shape index (κ2) is 15.2. The third-order valence-corrected chi connectivity index (χ3v) is 7.16. The molecular formula is C37H45FN4O5. The number of alkyl carbamates (subject to hydrolysis) is 2. The van der Waals surface area contributed by atoms with Crippen LogP contribution in [0.4, 0.5) is 14.0 Å². The summed E-state index contributed by atoms with van der Waals surface area (Å²) >= 11 is 0. The molecule has 0 fully saturated rings. The molecule has 0 bridgehead atoms. The summed E-state index contributed by atoms with van der Waals surface area (Å²) in [7, 11) is 0. The molecule has 0 saturated carbocycles. The fourth-order valence-corrected chi connectivity index (χ4v) is 5.11. The van der Waals surface area contributed by atoms with Gasteiger partial charge in [0.1, 0.15) is 22.7 Å². The van der Waals surface area contributed by atoms with Crippen LogP contribution in [-0.4, -0.2) is 53.4 Å². The summed E-state index contributed by atoms with van der Waals surface area (Å²) in [4.78, 5) is 41.8. The lowest BCUT2D eigenvalue weighted by atomic mass is 9.99. The average molecular weight is 645 g/mol. The predicted octanol–water partition coefficient (Wildman–Crippen LogP) is 7.49. The van der Waals surface area contributed by atoms with Crippen LogP contribution in [0.2, 0.25) is 0 Å². The smallest absolute Gasteiger partial charge is 0.407 e. The summed E-state index contributed by atoms with van der Waals surface area (Å²) in [5.74, 6) is -0.629. The van der Waals surface area contributed by atoms with Gasteiger partial charge in [-0.25, -0.2) is 14.0 Å². The third-order valence-electron chi connectivity index (χ3n) is 7.16. The molecule has 0 unspecified atom stereocenters. The largest absolute Gasteiger partial charge is 0.444 e. The second-order valence-corrected chi connectivity index (χ2v) is 13.5. The molecule has 0 radical (unpaired) electrons. The number of aromatic nitrogens is 1. The first-order chi connectivity index (χ1) is 22.2. The number of fused-ring (bicyclic) bond motifs is 1. The number of H-pyrrole nitrogens is 1. The van der Waals surface area contributed by atoms with Crippen LogP contribution in [-0.2, 0) is 15.9 Å². The van der Waals surface area contributed by atoms with E-state index in [0.717, 1.165) is 33.2 Å².